The van der Waals surface area contributed by atoms with Crippen LogP contribution in [-0.2, 0) is 9.59 Å². The Morgan fingerprint density at radius 2 is 2.15 bits per heavy atom. The lowest BCUT2D eigenvalue weighted by Crippen LogP contribution is -2.38. The van der Waals surface area contributed by atoms with Gasteiger partial charge in [0.15, 0.2) is 0 Å². The van der Waals surface area contributed by atoms with Gasteiger partial charge >= 0.3 is 5.97 Å². The van der Waals surface area contributed by atoms with E-state index < -0.39 is 17.9 Å². The maximum absolute atomic E-state index is 10.7. The normalized spacial score (nSPS) is 18.2. The Morgan fingerprint density at radius 3 is 2.54 bits per heavy atom. The van der Waals surface area contributed by atoms with E-state index in [1.807, 2.05) is 0 Å². The number of hydrogen-bond donors (Lipinski definition) is 3. The molecule has 1 saturated carbocycles. The number of carbonyl (C=O) groups excluding carboxylic acids is 1. The molecule has 1 fully saturated rings. The third kappa shape index (κ3) is 3.89. The zero-order chi connectivity index (χ0) is 9.84. The molecule has 5 nitrogen and oxygen atoms in total. The third-order valence-corrected chi connectivity index (χ3v) is 1.99. The minimum Gasteiger partial charge on any atom is -0.480 e. The maximum atomic E-state index is 10.7. The van der Waals surface area contributed by atoms with Gasteiger partial charge in [0.25, 0.3) is 0 Å². The Bertz CT molecular complexity index is 213. The Labute approximate surface area is 76.3 Å². The predicted molar refractivity (Wildman–Crippen MR) is 46.0 cm³/mol. The average molecular weight is 186 g/mol. The highest BCUT2D eigenvalue weighted by molar-refractivity contribution is 5.77. The van der Waals surface area contributed by atoms with Gasteiger partial charge in [0.05, 0.1) is 0 Å². The highest BCUT2D eigenvalue weighted by atomic mass is 16.4. The SMILES string of the molecule is NC(=O)CC[C@H](NC1CC1)C(=O)O. The smallest absolute Gasteiger partial charge is 0.320 e. The summed E-state index contributed by atoms with van der Waals surface area (Å²) in [4.78, 5) is 21.1. The van der Waals surface area contributed by atoms with E-state index in [1.165, 1.54) is 0 Å². The monoisotopic (exact) mass is 186 g/mol. The van der Waals surface area contributed by atoms with Crippen LogP contribution < -0.4 is 11.1 Å². The first kappa shape index (κ1) is 9.98. The van der Waals surface area contributed by atoms with Crippen LogP contribution in [0, 0.1) is 0 Å². The van der Waals surface area contributed by atoms with Crippen molar-refractivity contribution in [2.75, 3.05) is 0 Å². The van der Waals surface area contributed by atoms with Gasteiger partial charge in [0.2, 0.25) is 5.91 Å². The molecular weight excluding hydrogens is 172 g/mol. The molecule has 0 spiro atoms. The standard InChI is InChI=1S/C8H14N2O3/c9-7(11)4-3-6(8(12)13)10-5-1-2-5/h5-6,10H,1-4H2,(H2,9,11)(H,12,13)/t6-/m0/s1. The number of carboxylic acids is 1. The number of carboxylic acid groups (broad SMARTS) is 1. The first-order chi connectivity index (χ1) is 6.09. The second-order valence-corrected chi connectivity index (χ2v) is 3.34. The Kier molecular flexibility index (Phi) is 3.25. The molecule has 1 rings (SSSR count). The van der Waals surface area contributed by atoms with Crippen molar-refractivity contribution in [2.45, 2.75) is 37.8 Å². The first-order valence-electron chi connectivity index (χ1n) is 4.36. The summed E-state index contributed by atoms with van der Waals surface area (Å²) in [6.07, 6.45) is 2.46. The molecule has 1 atom stereocenters. The van der Waals surface area contributed by atoms with E-state index in [9.17, 15) is 9.59 Å². The number of nitrogens with two attached hydrogens (primary N) is 1. The van der Waals surface area contributed by atoms with Crippen LogP contribution in [0.15, 0.2) is 0 Å². The molecule has 0 bridgehead atoms. The molecule has 1 aliphatic rings. The summed E-state index contributed by atoms with van der Waals surface area (Å²) in [5.74, 6) is -1.36. The van der Waals surface area contributed by atoms with Crippen LogP contribution in [0.5, 0.6) is 0 Å². The molecule has 0 aliphatic heterocycles. The number of aliphatic carboxylic acids is 1. The van der Waals surface area contributed by atoms with Gasteiger partial charge in [-0.15, -0.1) is 0 Å². The topological polar surface area (TPSA) is 92.4 Å². The average Bonchev–Trinajstić information content (AvgIpc) is 2.80. The zero-order valence-corrected chi connectivity index (χ0v) is 7.32. The van der Waals surface area contributed by atoms with E-state index in [2.05, 4.69) is 5.32 Å². The van der Waals surface area contributed by atoms with E-state index >= 15 is 0 Å². The lowest BCUT2D eigenvalue weighted by molar-refractivity contribution is -0.139. The van der Waals surface area contributed by atoms with Gasteiger partial charge in [-0.25, -0.2) is 0 Å². The van der Waals surface area contributed by atoms with Gasteiger partial charge in [0.1, 0.15) is 6.04 Å². The number of hydrogen-bond acceptors (Lipinski definition) is 3. The molecule has 1 aliphatic carbocycles. The van der Waals surface area contributed by atoms with Crippen LogP contribution in [0.25, 0.3) is 0 Å². The van der Waals surface area contributed by atoms with Crippen molar-refractivity contribution < 1.29 is 14.7 Å². The maximum Gasteiger partial charge on any atom is 0.320 e. The molecule has 0 unspecified atom stereocenters. The Morgan fingerprint density at radius 1 is 1.54 bits per heavy atom. The highest BCUT2D eigenvalue weighted by Gasteiger charge is 2.28. The van der Waals surface area contributed by atoms with Crippen molar-refractivity contribution in [2.24, 2.45) is 5.73 Å². The molecular formula is C8H14N2O3. The molecule has 1 amide bonds. The summed E-state index contributed by atoms with van der Waals surface area (Å²) in [5, 5.41) is 11.7. The van der Waals surface area contributed by atoms with Gasteiger partial charge < -0.3 is 16.2 Å². The molecule has 0 heterocycles. The number of amides is 1. The minimum absolute atomic E-state index is 0.122. The van der Waals surface area contributed by atoms with Gasteiger partial charge in [-0.3, -0.25) is 9.59 Å². The molecule has 0 aromatic rings. The summed E-state index contributed by atoms with van der Waals surface area (Å²) in [6, 6.07) is -0.297. The summed E-state index contributed by atoms with van der Waals surface area (Å²) < 4.78 is 0. The van der Waals surface area contributed by atoms with Crippen molar-refractivity contribution >= 4 is 11.9 Å². The second-order valence-electron chi connectivity index (χ2n) is 3.34. The number of primary amides is 1. The quantitative estimate of drug-likeness (QED) is 0.519. The van der Waals surface area contributed by atoms with Crippen molar-refractivity contribution in [1.82, 2.24) is 5.32 Å². The van der Waals surface area contributed by atoms with E-state index in [0.29, 0.717) is 6.04 Å². The van der Waals surface area contributed by atoms with Crippen LogP contribution in [0.2, 0.25) is 0 Å². The molecule has 0 radical (unpaired) electrons. The summed E-state index contributed by atoms with van der Waals surface area (Å²) in [5.41, 5.74) is 4.93. The van der Waals surface area contributed by atoms with Crippen LogP contribution in [0.3, 0.4) is 0 Å². The van der Waals surface area contributed by atoms with Crippen LogP contribution in [-0.4, -0.2) is 29.1 Å². The molecule has 74 valence electrons. The first-order valence-corrected chi connectivity index (χ1v) is 4.36. The summed E-state index contributed by atoms with van der Waals surface area (Å²) in [7, 11) is 0. The van der Waals surface area contributed by atoms with Gasteiger partial charge in [-0.1, -0.05) is 0 Å². The molecule has 0 aromatic heterocycles. The fourth-order valence-electron chi connectivity index (χ4n) is 1.10. The molecule has 0 saturated heterocycles. The second kappa shape index (κ2) is 4.23. The number of carbonyl (C=O) groups is 2. The fourth-order valence-corrected chi connectivity index (χ4v) is 1.10. The van der Waals surface area contributed by atoms with Gasteiger partial charge in [-0.2, -0.15) is 0 Å². The van der Waals surface area contributed by atoms with E-state index in [0.717, 1.165) is 12.8 Å². The molecule has 4 N–H and O–H groups in total. The van der Waals surface area contributed by atoms with Gasteiger partial charge in [0, 0.05) is 12.5 Å². The lowest BCUT2D eigenvalue weighted by atomic mass is 10.1. The number of nitrogens with one attached hydrogen (secondary N) is 1. The largest absolute Gasteiger partial charge is 0.480 e. The minimum atomic E-state index is -0.909. The van der Waals surface area contributed by atoms with Crippen molar-refractivity contribution in [1.29, 1.82) is 0 Å². The third-order valence-electron chi connectivity index (χ3n) is 1.99. The molecule has 0 aromatic carbocycles. The Hall–Kier alpha value is -1.10. The Balaban J connectivity index is 2.28. The highest BCUT2D eigenvalue weighted by Crippen LogP contribution is 2.20. The van der Waals surface area contributed by atoms with Gasteiger partial charge in [-0.05, 0) is 19.3 Å². The lowest BCUT2D eigenvalue weighted by Gasteiger charge is -2.12. The predicted octanol–water partition coefficient (Wildman–Crippen LogP) is -0.543. The van der Waals surface area contributed by atoms with Crippen molar-refractivity contribution in [3.8, 4) is 0 Å². The number of rotatable bonds is 6. The van der Waals surface area contributed by atoms with Crippen molar-refractivity contribution in [3.05, 3.63) is 0 Å². The van der Waals surface area contributed by atoms with Crippen LogP contribution in [0.1, 0.15) is 25.7 Å². The summed E-state index contributed by atoms with van der Waals surface area (Å²) in [6.45, 7) is 0. The van der Waals surface area contributed by atoms with E-state index in [-0.39, 0.29) is 12.8 Å². The van der Waals surface area contributed by atoms with Crippen LogP contribution in [0.4, 0.5) is 0 Å². The fraction of sp³-hybridized carbons (Fsp3) is 0.750. The summed E-state index contributed by atoms with van der Waals surface area (Å²) >= 11 is 0. The molecule has 5 heteroatoms. The van der Waals surface area contributed by atoms with Crippen molar-refractivity contribution in [3.63, 3.8) is 0 Å². The van der Waals surface area contributed by atoms with E-state index in [1.54, 1.807) is 0 Å². The zero-order valence-electron chi connectivity index (χ0n) is 7.32. The van der Waals surface area contributed by atoms with Crippen LogP contribution >= 0.6 is 0 Å². The molecule has 13 heavy (non-hydrogen) atoms. The van der Waals surface area contributed by atoms with E-state index in [4.69, 9.17) is 10.8 Å².